The highest BCUT2D eigenvalue weighted by Crippen LogP contribution is 2.57. The van der Waals surface area contributed by atoms with Crippen molar-refractivity contribution in [1.82, 2.24) is 0 Å². The van der Waals surface area contributed by atoms with Crippen molar-refractivity contribution in [3.05, 3.63) is 0 Å². The second-order valence-corrected chi connectivity index (χ2v) is 5.88. The molecule has 0 spiro atoms. The SMILES string of the molecule is CCCCC[C@@H]1C(C#N)(C#N)C(C#N)C(=N)[C@]1(C)C(C)=O. The molecular weight excluding hydrogens is 264 g/mol. The summed E-state index contributed by atoms with van der Waals surface area (Å²) in [4.78, 5) is 12.1. The summed E-state index contributed by atoms with van der Waals surface area (Å²) in [6.07, 6.45) is 3.20. The fourth-order valence-corrected chi connectivity index (χ4v) is 3.40. The monoisotopic (exact) mass is 284 g/mol. The van der Waals surface area contributed by atoms with Gasteiger partial charge >= 0.3 is 0 Å². The summed E-state index contributed by atoms with van der Waals surface area (Å²) in [6, 6.07) is 5.85. The number of ketones is 1. The van der Waals surface area contributed by atoms with Gasteiger partial charge in [-0.15, -0.1) is 0 Å². The third kappa shape index (κ3) is 2.22. The van der Waals surface area contributed by atoms with Gasteiger partial charge in [-0.25, -0.2) is 0 Å². The van der Waals surface area contributed by atoms with Crippen molar-refractivity contribution in [3.63, 3.8) is 0 Å². The van der Waals surface area contributed by atoms with Crippen LogP contribution in [0.1, 0.15) is 46.5 Å². The van der Waals surface area contributed by atoms with Crippen LogP contribution in [0.4, 0.5) is 0 Å². The molecule has 110 valence electrons. The lowest BCUT2D eigenvalue weighted by Crippen LogP contribution is -2.39. The predicted molar refractivity (Wildman–Crippen MR) is 76.9 cm³/mol. The summed E-state index contributed by atoms with van der Waals surface area (Å²) in [7, 11) is 0. The zero-order valence-corrected chi connectivity index (χ0v) is 12.7. The first kappa shape index (κ1) is 16.9. The maximum atomic E-state index is 12.1. The summed E-state index contributed by atoms with van der Waals surface area (Å²) in [5.74, 6) is -1.98. The zero-order valence-electron chi connectivity index (χ0n) is 12.7. The summed E-state index contributed by atoms with van der Waals surface area (Å²) in [6.45, 7) is 5.02. The maximum absolute atomic E-state index is 12.1. The van der Waals surface area contributed by atoms with E-state index in [1.54, 1.807) is 6.92 Å². The molecule has 1 saturated carbocycles. The molecule has 1 fully saturated rings. The summed E-state index contributed by atoms with van der Waals surface area (Å²) < 4.78 is 0. The van der Waals surface area contributed by atoms with E-state index in [-0.39, 0.29) is 11.5 Å². The van der Waals surface area contributed by atoms with Crippen LogP contribution >= 0.6 is 0 Å². The van der Waals surface area contributed by atoms with Crippen molar-refractivity contribution >= 4 is 11.5 Å². The largest absolute Gasteiger partial charge is 0.307 e. The number of unbranched alkanes of at least 4 members (excludes halogenated alkanes) is 2. The molecule has 1 aliphatic rings. The number of hydrogen-bond donors (Lipinski definition) is 1. The van der Waals surface area contributed by atoms with Gasteiger partial charge in [0.25, 0.3) is 0 Å². The summed E-state index contributed by atoms with van der Waals surface area (Å²) in [5, 5.41) is 36.6. The Hall–Kier alpha value is -2.19. The van der Waals surface area contributed by atoms with E-state index in [0.29, 0.717) is 6.42 Å². The average Bonchev–Trinajstić information content (AvgIpc) is 2.66. The minimum Gasteiger partial charge on any atom is -0.307 e. The number of carbonyl (C=O) groups is 1. The molecule has 1 N–H and O–H groups in total. The number of Topliss-reactive ketones (excluding diaryl/α,β-unsaturated/α-hetero) is 1. The van der Waals surface area contributed by atoms with E-state index in [0.717, 1.165) is 19.3 Å². The van der Waals surface area contributed by atoms with Crippen LogP contribution in [0.5, 0.6) is 0 Å². The lowest BCUT2D eigenvalue weighted by molar-refractivity contribution is -0.125. The molecule has 0 aliphatic heterocycles. The van der Waals surface area contributed by atoms with E-state index in [9.17, 15) is 20.6 Å². The number of rotatable bonds is 5. The first-order valence-corrected chi connectivity index (χ1v) is 7.18. The van der Waals surface area contributed by atoms with Crippen molar-refractivity contribution in [1.29, 1.82) is 21.2 Å². The van der Waals surface area contributed by atoms with Gasteiger partial charge in [-0.3, -0.25) is 4.79 Å². The number of nitriles is 3. The van der Waals surface area contributed by atoms with Crippen LogP contribution in [-0.2, 0) is 4.79 Å². The Morgan fingerprint density at radius 1 is 1.29 bits per heavy atom. The molecule has 0 aromatic heterocycles. The van der Waals surface area contributed by atoms with Gasteiger partial charge in [-0.2, -0.15) is 15.8 Å². The standard InChI is InChI=1S/C16H20N4O/c1-4-5-6-7-13-15(3,11(2)21)14(20)12(8-17)16(13,9-18)10-19/h12-13,20H,4-7H2,1-3H3/t12?,13-,15+/m0/s1. The molecule has 0 amide bonds. The number of nitrogens with zero attached hydrogens (tertiary/aromatic N) is 3. The minimum absolute atomic E-state index is 0.0814. The minimum atomic E-state index is -1.60. The van der Waals surface area contributed by atoms with E-state index in [4.69, 9.17) is 5.41 Å². The molecule has 0 bridgehead atoms. The van der Waals surface area contributed by atoms with Gasteiger partial charge in [0.15, 0.2) is 5.41 Å². The Kier molecular flexibility index (Phi) is 4.87. The Labute approximate surface area is 125 Å². The Bertz CT molecular complexity index is 561. The van der Waals surface area contributed by atoms with Crippen molar-refractivity contribution in [2.45, 2.75) is 46.5 Å². The predicted octanol–water partition coefficient (Wildman–Crippen LogP) is 2.98. The fourth-order valence-electron chi connectivity index (χ4n) is 3.40. The van der Waals surface area contributed by atoms with E-state index in [1.807, 2.05) is 25.1 Å². The van der Waals surface area contributed by atoms with Crippen molar-refractivity contribution in [2.24, 2.45) is 22.7 Å². The van der Waals surface area contributed by atoms with Crippen LogP contribution in [0, 0.1) is 62.1 Å². The van der Waals surface area contributed by atoms with Crippen LogP contribution in [0.3, 0.4) is 0 Å². The first-order valence-electron chi connectivity index (χ1n) is 7.18. The van der Waals surface area contributed by atoms with Crippen LogP contribution in [0.15, 0.2) is 0 Å². The molecule has 0 saturated heterocycles. The zero-order chi connectivity index (χ0) is 16.3. The number of hydrogen-bond acceptors (Lipinski definition) is 5. The van der Waals surface area contributed by atoms with E-state index >= 15 is 0 Å². The molecule has 0 aromatic rings. The third-order valence-corrected chi connectivity index (χ3v) is 4.88. The van der Waals surface area contributed by atoms with Crippen molar-refractivity contribution < 1.29 is 4.79 Å². The third-order valence-electron chi connectivity index (χ3n) is 4.88. The highest BCUT2D eigenvalue weighted by atomic mass is 16.1. The quantitative estimate of drug-likeness (QED) is 0.782. The average molecular weight is 284 g/mol. The first-order chi connectivity index (χ1) is 9.86. The number of carbonyl (C=O) groups excluding carboxylic acids is 1. The summed E-state index contributed by atoms with van der Waals surface area (Å²) in [5.41, 5.74) is -2.87. The number of nitrogens with one attached hydrogen (secondary N) is 1. The van der Waals surface area contributed by atoms with E-state index in [1.165, 1.54) is 6.92 Å². The second kappa shape index (κ2) is 6.06. The fraction of sp³-hybridized carbons (Fsp3) is 0.688. The Morgan fingerprint density at radius 2 is 1.86 bits per heavy atom. The molecule has 5 heteroatoms. The highest BCUT2D eigenvalue weighted by molar-refractivity contribution is 6.12. The van der Waals surface area contributed by atoms with E-state index in [2.05, 4.69) is 0 Å². The van der Waals surface area contributed by atoms with Crippen molar-refractivity contribution in [3.8, 4) is 18.2 Å². The molecule has 1 unspecified atom stereocenters. The smallest absolute Gasteiger partial charge is 0.168 e. The molecule has 1 rings (SSSR count). The molecule has 5 nitrogen and oxygen atoms in total. The lowest BCUT2D eigenvalue weighted by atomic mass is 9.66. The van der Waals surface area contributed by atoms with Crippen LogP contribution in [-0.4, -0.2) is 11.5 Å². The molecule has 21 heavy (non-hydrogen) atoms. The van der Waals surface area contributed by atoms with Gasteiger partial charge in [0.05, 0.1) is 23.6 Å². The van der Waals surface area contributed by atoms with Crippen LogP contribution in [0.25, 0.3) is 0 Å². The van der Waals surface area contributed by atoms with Gasteiger partial charge < -0.3 is 5.41 Å². The van der Waals surface area contributed by atoms with Crippen LogP contribution < -0.4 is 0 Å². The second-order valence-electron chi connectivity index (χ2n) is 5.88. The molecule has 0 heterocycles. The van der Waals surface area contributed by atoms with Gasteiger partial charge in [-0.05, 0) is 20.3 Å². The van der Waals surface area contributed by atoms with Gasteiger partial charge in [0.2, 0.25) is 0 Å². The lowest BCUT2D eigenvalue weighted by Gasteiger charge is -2.32. The topological polar surface area (TPSA) is 112 Å². The Morgan fingerprint density at radius 3 is 2.24 bits per heavy atom. The van der Waals surface area contributed by atoms with Gasteiger partial charge in [0, 0.05) is 11.6 Å². The molecule has 1 aliphatic carbocycles. The Balaban J connectivity index is 3.44. The normalized spacial score (nSPS) is 30.2. The molecular formula is C16H20N4O. The van der Waals surface area contributed by atoms with Crippen molar-refractivity contribution in [2.75, 3.05) is 0 Å². The van der Waals surface area contributed by atoms with E-state index < -0.39 is 22.7 Å². The maximum Gasteiger partial charge on any atom is 0.168 e. The van der Waals surface area contributed by atoms with Crippen LogP contribution in [0.2, 0.25) is 0 Å². The molecule has 0 radical (unpaired) electrons. The molecule has 3 atom stereocenters. The highest BCUT2D eigenvalue weighted by Gasteiger charge is 2.66. The van der Waals surface area contributed by atoms with Gasteiger partial charge in [-0.1, -0.05) is 26.2 Å². The molecule has 0 aromatic carbocycles. The summed E-state index contributed by atoms with van der Waals surface area (Å²) >= 11 is 0. The van der Waals surface area contributed by atoms with Gasteiger partial charge in [0.1, 0.15) is 11.7 Å².